The van der Waals surface area contributed by atoms with Gasteiger partial charge in [0.1, 0.15) is 33.2 Å². The fourth-order valence-corrected chi connectivity index (χ4v) is 4.58. The average molecular weight is 499 g/mol. The highest BCUT2D eigenvalue weighted by atomic mass is 32.1. The zero-order chi connectivity index (χ0) is 24.9. The summed E-state index contributed by atoms with van der Waals surface area (Å²) in [6.07, 6.45) is 3.28. The minimum Gasteiger partial charge on any atom is -0.455 e. The van der Waals surface area contributed by atoms with E-state index in [1.165, 1.54) is 11.3 Å². The van der Waals surface area contributed by atoms with Gasteiger partial charge in [-0.2, -0.15) is 0 Å². The molecular formula is C27H26N6O2S. The molecule has 0 unspecified atom stereocenters. The number of aromatic nitrogens is 4. The van der Waals surface area contributed by atoms with Gasteiger partial charge < -0.3 is 20.5 Å². The molecule has 0 spiro atoms. The predicted molar refractivity (Wildman–Crippen MR) is 143 cm³/mol. The number of thiazole rings is 1. The Morgan fingerprint density at radius 2 is 1.83 bits per heavy atom. The number of nitrogens with one attached hydrogen (secondary N) is 2. The van der Waals surface area contributed by atoms with Gasteiger partial charge in [0.25, 0.3) is 0 Å². The summed E-state index contributed by atoms with van der Waals surface area (Å²) in [5, 5.41) is 16.4. The molecule has 5 rings (SSSR count). The number of hydrogen-bond donors (Lipinski definition) is 3. The van der Waals surface area contributed by atoms with Crippen molar-refractivity contribution < 1.29 is 9.84 Å². The van der Waals surface area contributed by atoms with Crippen molar-refractivity contribution in [3.8, 4) is 22.1 Å². The fourth-order valence-electron chi connectivity index (χ4n) is 3.67. The van der Waals surface area contributed by atoms with Gasteiger partial charge in [-0.25, -0.2) is 15.0 Å². The number of rotatable bonds is 9. The van der Waals surface area contributed by atoms with Crippen molar-refractivity contribution in [2.45, 2.75) is 20.4 Å². The molecule has 9 heteroatoms. The lowest BCUT2D eigenvalue weighted by molar-refractivity contribution is 0.292. The van der Waals surface area contributed by atoms with E-state index in [4.69, 9.17) is 14.8 Å². The maximum atomic E-state index is 8.92. The predicted octanol–water partition coefficient (Wildman–Crippen LogP) is 5.38. The average Bonchev–Trinajstić information content (AvgIpc) is 3.33. The number of fused-ring (bicyclic) bond motifs is 1. The molecule has 182 valence electrons. The Kier molecular flexibility index (Phi) is 7.13. The molecule has 0 saturated carbocycles. The molecule has 0 amide bonds. The van der Waals surface area contributed by atoms with Gasteiger partial charge in [-0.05, 0) is 55.3 Å². The van der Waals surface area contributed by atoms with Crippen LogP contribution in [0.1, 0.15) is 16.8 Å². The molecule has 0 aliphatic carbocycles. The third-order valence-corrected chi connectivity index (χ3v) is 6.58. The first-order chi connectivity index (χ1) is 17.6. The Balaban J connectivity index is 1.34. The summed E-state index contributed by atoms with van der Waals surface area (Å²) in [6.45, 7) is 5.37. The number of nitrogens with zero attached hydrogens (tertiary/aromatic N) is 4. The quantitative estimate of drug-likeness (QED) is 0.233. The van der Waals surface area contributed by atoms with Crippen molar-refractivity contribution in [2.24, 2.45) is 0 Å². The Hall–Kier alpha value is -3.92. The van der Waals surface area contributed by atoms with Crippen LogP contribution < -0.4 is 15.4 Å². The van der Waals surface area contributed by atoms with Crippen molar-refractivity contribution in [1.82, 2.24) is 25.3 Å². The first-order valence-corrected chi connectivity index (χ1v) is 12.4. The second kappa shape index (κ2) is 10.8. The van der Waals surface area contributed by atoms with Crippen LogP contribution in [0.4, 0.5) is 11.5 Å². The molecule has 5 aromatic rings. The lowest BCUT2D eigenvalue weighted by Gasteiger charge is -2.11. The third-order valence-electron chi connectivity index (χ3n) is 5.56. The highest BCUT2D eigenvalue weighted by Gasteiger charge is 2.13. The highest BCUT2D eigenvalue weighted by molar-refractivity contribution is 7.21. The van der Waals surface area contributed by atoms with E-state index in [9.17, 15) is 0 Å². The molecule has 3 heterocycles. The van der Waals surface area contributed by atoms with Crippen LogP contribution in [0.5, 0.6) is 11.5 Å². The highest BCUT2D eigenvalue weighted by Crippen LogP contribution is 2.34. The van der Waals surface area contributed by atoms with Crippen LogP contribution >= 0.6 is 11.3 Å². The first kappa shape index (κ1) is 23.8. The molecule has 0 atom stereocenters. The number of aryl methyl sites for hydroxylation is 2. The lowest BCUT2D eigenvalue weighted by Crippen LogP contribution is -2.17. The molecule has 3 aromatic heterocycles. The molecule has 0 aliphatic rings. The van der Waals surface area contributed by atoms with E-state index in [1.54, 1.807) is 12.5 Å². The molecule has 0 fully saturated rings. The molecular weight excluding hydrogens is 472 g/mol. The Morgan fingerprint density at radius 3 is 2.58 bits per heavy atom. The third kappa shape index (κ3) is 5.49. The summed E-state index contributed by atoms with van der Waals surface area (Å²) in [5.74, 6) is 2.12. The zero-order valence-corrected chi connectivity index (χ0v) is 20.8. The van der Waals surface area contributed by atoms with Gasteiger partial charge in [0.05, 0.1) is 12.8 Å². The van der Waals surface area contributed by atoms with E-state index in [0.29, 0.717) is 24.7 Å². The SMILES string of the molecule is Cc1ccc(Oc2ccc(Nc3ncnc4sc(-c5ccc(CNCCO)cc5)nc34)cc2C)cn1. The fraction of sp³-hybridized carbons (Fsp3) is 0.185. The number of hydrogen-bond acceptors (Lipinski definition) is 9. The largest absolute Gasteiger partial charge is 0.455 e. The minimum absolute atomic E-state index is 0.129. The van der Waals surface area contributed by atoms with Crippen molar-refractivity contribution in [1.29, 1.82) is 0 Å². The molecule has 0 saturated heterocycles. The second-order valence-electron chi connectivity index (χ2n) is 8.33. The van der Waals surface area contributed by atoms with E-state index in [2.05, 4.69) is 49.9 Å². The second-order valence-corrected chi connectivity index (χ2v) is 9.31. The molecule has 8 nitrogen and oxygen atoms in total. The standard InChI is InChI=1S/C27H26N6O2S/c1-17-13-21(8-10-23(17)35-22-9-3-18(2)29-15-22)32-25-24-27(31-16-30-25)36-26(33-24)20-6-4-19(5-7-20)14-28-11-12-34/h3-10,13,15-16,28,34H,11-12,14H2,1-2H3,(H,30,31,32). The van der Waals surface area contributed by atoms with Gasteiger partial charge in [0.15, 0.2) is 5.82 Å². The zero-order valence-electron chi connectivity index (χ0n) is 20.0. The molecule has 2 aromatic carbocycles. The van der Waals surface area contributed by atoms with Gasteiger partial charge in [0, 0.05) is 30.0 Å². The Labute approximate surface area is 213 Å². The smallest absolute Gasteiger partial charge is 0.161 e. The summed E-state index contributed by atoms with van der Waals surface area (Å²) in [7, 11) is 0. The number of anilines is 2. The normalized spacial score (nSPS) is 11.1. The van der Waals surface area contributed by atoms with Crippen LogP contribution in [0.2, 0.25) is 0 Å². The Bertz CT molecular complexity index is 1470. The number of benzene rings is 2. The van der Waals surface area contributed by atoms with Gasteiger partial charge in [-0.15, -0.1) is 0 Å². The van der Waals surface area contributed by atoms with Gasteiger partial charge >= 0.3 is 0 Å². The summed E-state index contributed by atoms with van der Waals surface area (Å²) in [5.41, 5.74) is 5.72. The van der Waals surface area contributed by atoms with E-state index in [1.807, 2.05) is 44.2 Å². The lowest BCUT2D eigenvalue weighted by atomic mass is 10.1. The number of aliphatic hydroxyl groups is 1. The van der Waals surface area contributed by atoms with Crippen LogP contribution in [0.3, 0.4) is 0 Å². The first-order valence-electron chi connectivity index (χ1n) is 11.6. The van der Waals surface area contributed by atoms with E-state index in [-0.39, 0.29) is 6.61 Å². The van der Waals surface area contributed by atoms with Crippen molar-refractivity contribution >= 4 is 33.2 Å². The van der Waals surface area contributed by atoms with E-state index in [0.717, 1.165) is 49.2 Å². The van der Waals surface area contributed by atoms with Crippen LogP contribution in [-0.2, 0) is 6.54 Å². The van der Waals surface area contributed by atoms with Crippen molar-refractivity contribution in [2.75, 3.05) is 18.5 Å². The molecule has 3 N–H and O–H groups in total. The van der Waals surface area contributed by atoms with Gasteiger partial charge in [-0.3, -0.25) is 4.98 Å². The molecule has 0 aliphatic heterocycles. The summed E-state index contributed by atoms with van der Waals surface area (Å²) >= 11 is 1.53. The van der Waals surface area contributed by atoms with Gasteiger partial charge in [0.2, 0.25) is 0 Å². The number of ether oxygens (including phenoxy) is 1. The number of aliphatic hydroxyl groups excluding tert-OH is 1. The van der Waals surface area contributed by atoms with Crippen LogP contribution in [-0.4, -0.2) is 38.2 Å². The maximum absolute atomic E-state index is 8.92. The summed E-state index contributed by atoms with van der Waals surface area (Å²) in [6, 6.07) is 18.0. The van der Waals surface area contributed by atoms with Crippen LogP contribution in [0, 0.1) is 13.8 Å². The summed E-state index contributed by atoms with van der Waals surface area (Å²) < 4.78 is 5.99. The summed E-state index contributed by atoms with van der Waals surface area (Å²) in [4.78, 5) is 18.8. The molecule has 0 radical (unpaired) electrons. The van der Waals surface area contributed by atoms with Crippen LogP contribution in [0.15, 0.2) is 67.1 Å². The van der Waals surface area contributed by atoms with E-state index < -0.39 is 0 Å². The van der Waals surface area contributed by atoms with Crippen LogP contribution in [0.25, 0.3) is 20.9 Å². The van der Waals surface area contributed by atoms with Crippen molar-refractivity contribution in [3.05, 3.63) is 83.9 Å². The monoisotopic (exact) mass is 498 g/mol. The topological polar surface area (TPSA) is 105 Å². The number of pyridine rings is 1. The maximum Gasteiger partial charge on any atom is 0.161 e. The Morgan fingerprint density at radius 1 is 0.972 bits per heavy atom. The van der Waals surface area contributed by atoms with Gasteiger partial charge in [-0.1, -0.05) is 35.6 Å². The minimum atomic E-state index is 0.129. The molecule has 0 bridgehead atoms. The molecule has 36 heavy (non-hydrogen) atoms. The van der Waals surface area contributed by atoms with E-state index >= 15 is 0 Å². The van der Waals surface area contributed by atoms with Crippen molar-refractivity contribution in [3.63, 3.8) is 0 Å².